The maximum atomic E-state index is 12.7. The highest BCUT2D eigenvalue weighted by Gasteiger charge is 2.31. The first kappa shape index (κ1) is 13.8. The van der Waals surface area contributed by atoms with E-state index in [1.807, 2.05) is 4.90 Å². The number of piperidine rings is 1. The molecule has 1 fully saturated rings. The average Bonchev–Trinajstić information content (AvgIpc) is 2.26. The van der Waals surface area contributed by atoms with Crippen LogP contribution in [0.15, 0.2) is 15.3 Å². The van der Waals surface area contributed by atoms with Crippen LogP contribution in [0.25, 0.3) is 0 Å². The van der Waals surface area contributed by atoms with Crippen molar-refractivity contribution in [3.8, 4) is 0 Å². The molecule has 1 aromatic rings. The first-order valence-electron chi connectivity index (χ1n) is 6.86. The van der Waals surface area contributed by atoms with Gasteiger partial charge in [-0.2, -0.15) is 0 Å². The third-order valence-corrected chi connectivity index (χ3v) is 3.98. The second-order valence-corrected chi connectivity index (χ2v) is 5.52. The fourth-order valence-electron chi connectivity index (χ4n) is 3.03. The smallest absolute Gasteiger partial charge is 0.336 e. The van der Waals surface area contributed by atoms with Gasteiger partial charge in [-0.1, -0.05) is 0 Å². The number of likely N-dealkylation sites (tertiary alicyclic amines) is 1. The van der Waals surface area contributed by atoms with Gasteiger partial charge in [0, 0.05) is 18.2 Å². The zero-order valence-electron chi connectivity index (χ0n) is 12.0. The minimum atomic E-state index is -0.397. The van der Waals surface area contributed by atoms with Crippen molar-refractivity contribution in [2.24, 2.45) is 0 Å². The minimum absolute atomic E-state index is 0.0153. The molecule has 4 nitrogen and oxygen atoms in total. The van der Waals surface area contributed by atoms with Crippen molar-refractivity contribution >= 4 is 5.91 Å². The minimum Gasteiger partial charge on any atom is -0.427 e. The predicted molar refractivity (Wildman–Crippen MR) is 73.4 cm³/mol. The van der Waals surface area contributed by atoms with Crippen LogP contribution in [0, 0.1) is 13.8 Å². The fourth-order valence-corrected chi connectivity index (χ4v) is 3.03. The topological polar surface area (TPSA) is 50.5 Å². The molecule has 0 aliphatic carbocycles. The van der Waals surface area contributed by atoms with Crippen molar-refractivity contribution in [3.63, 3.8) is 0 Å². The second-order valence-electron chi connectivity index (χ2n) is 5.52. The Morgan fingerprint density at radius 1 is 1.26 bits per heavy atom. The van der Waals surface area contributed by atoms with Gasteiger partial charge in [0.25, 0.3) is 5.91 Å². The van der Waals surface area contributed by atoms with Crippen LogP contribution in [-0.2, 0) is 0 Å². The van der Waals surface area contributed by atoms with Crippen LogP contribution in [0.1, 0.15) is 54.8 Å². The molecule has 2 atom stereocenters. The van der Waals surface area contributed by atoms with Crippen LogP contribution >= 0.6 is 0 Å². The van der Waals surface area contributed by atoms with Gasteiger partial charge >= 0.3 is 5.63 Å². The van der Waals surface area contributed by atoms with Gasteiger partial charge < -0.3 is 9.32 Å². The Morgan fingerprint density at radius 3 is 2.37 bits per heavy atom. The summed E-state index contributed by atoms with van der Waals surface area (Å²) in [5, 5.41) is 0. The quantitative estimate of drug-likeness (QED) is 0.782. The molecule has 0 spiro atoms. The monoisotopic (exact) mass is 263 g/mol. The summed E-state index contributed by atoms with van der Waals surface area (Å²) in [4.78, 5) is 26.0. The number of carbonyl (C=O) groups excluding carboxylic acids is 1. The zero-order chi connectivity index (χ0) is 14.2. The molecule has 2 heterocycles. The number of aryl methyl sites for hydroxylation is 2. The molecule has 1 aliphatic heterocycles. The first-order chi connectivity index (χ1) is 8.91. The summed E-state index contributed by atoms with van der Waals surface area (Å²) in [5.74, 6) is 0.401. The Bertz CT molecular complexity index is 511. The summed E-state index contributed by atoms with van der Waals surface area (Å²) in [6, 6.07) is 1.86. The maximum absolute atomic E-state index is 12.7. The molecular formula is C15H21NO3. The summed E-state index contributed by atoms with van der Waals surface area (Å²) in [5.41, 5.74) is 0.843. The van der Waals surface area contributed by atoms with Crippen molar-refractivity contribution in [2.45, 2.75) is 59.0 Å². The summed E-state index contributed by atoms with van der Waals surface area (Å²) in [6.07, 6.45) is 3.23. The lowest BCUT2D eigenvalue weighted by molar-refractivity contribution is 0.0506. The Hall–Kier alpha value is -1.58. The third-order valence-electron chi connectivity index (χ3n) is 3.98. The Balaban J connectivity index is 2.41. The molecule has 1 saturated heterocycles. The average molecular weight is 263 g/mol. The van der Waals surface area contributed by atoms with Gasteiger partial charge in [0.05, 0.1) is 5.56 Å². The molecule has 1 amide bonds. The van der Waals surface area contributed by atoms with E-state index in [1.54, 1.807) is 13.8 Å². The largest absolute Gasteiger partial charge is 0.427 e. The molecule has 1 aromatic heterocycles. The molecule has 0 bridgehead atoms. The number of rotatable bonds is 1. The molecule has 4 heteroatoms. The lowest BCUT2D eigenvalue weighted by Gasteiger charge is -2.39. The van der Waals surface area contributed by atoms with Crippen molar-refractivity contribution in [1.29, 1.82) is 0 Å². The van der Waals surface area contributed by atoms with Crippen LogP contribution in [0.5, 0.6) is 0 Å². The van der Waals surface area contributed by atoms with E-state index in [1.165, 1.54) is 6.07 Å². The van der Waals surface area contributed by atoms with E-state index in [9.17, 15) is 9.59 Å². The van der Waals surface area contributed by atoms with E-state index in [0.717, 1.165) is 19.3 Å². The van der Waals surface area contributed by atoms with Gasteiger partial charge in [-0.05, 0) is 52.5 Å². The summed E-state index contributed by atoms with van der Waals surface area (Å²) < 4.78 is 5.07. The van der Waals surface area contributed by atoms with Crippen LogP contribution in [-0.4, -0.2) is 22.9 Å². The lowest BCUT2D eigenvalue weighted by atomic mass is 9.95. The van der Waals surface area contributed by atoms with Crippen LogP contribution < -0.4 is 5.63 Å². The number of amides is 1. The number of carbonyl (C=O) groups is 1. The molecule has 2 rings (SSSR count). The molecule has 1 aliphatic rings. The molecule has 0 saturated carbocycles. The Labute approximate surface area is 113 Å². The van der Waals surface area contributed by atoms with Gasteiger partial charge in [-0.15, -0.1) is 0 Å². The van der Waals surface area contributed by atoms with E-state index in [2.05, 4.69) is 13.8 Å². The number of hydrogen-bond donors (Lipinski definition) is 0. The van der Waals surface area contributed by atoms with Crippen molar-refractivity contribution in [1.82, 2.24) is 4.90 Å². The molecule has 0 N–H and O–H groups in total. The van der Waals surface area contributed by atoms with E-state index in [0.29, 0.717) is 16.9 Å². The SMILES string of the molecule is Cc1cc(=O)oc(C)c1C(=O)N1C(C)CCCC1C. The molecule has 104 valence electrons. The van der Waals surface area contributed by atoms with Gasteiger partial charge in [0.15, 0.2) is 0 Å². The lowest BCUT2D eigenvalue weighted by Crippen LogP contribution is -2.48. The molecule has 0 aromatic carbocycles. The maximum Gasteiger partial charge on any atom is 0.336 e. The predicted octanol–water partition coefficient (Wildman–Crippen LogP) is 2.66. The number of nitrogens with zero attached hydrogens (tertiary/aromatic N) is 1. The molecular weight excluding hydrogens is 242 g/mol. The fraction of sp³-hybridized carbons (Fsp3) is 0.600. The Morgan fingerprint density at radius 2 is 1.84 bits per heavy atom. The summed E-state index contributed by atoms with van der Waals surface area (Å²) in [7, 11) is 0. The first-order valence-corrected chi connectivity index (χ1v) is 6.86. The van der Waals surface area contributed by atoms with Gasteiger partial charge in [0.2, 0.25) is 0 Å². The van der Waals surface area contributed by atoms with Crippen molar-refractivity contribution in [3.05, 3.63) is 33.4 Å². The summed E-state index contributed by atoms with van der Waals surface area (Å²) in [6.45, 7) is 7.63. The zero-order valence-corrected chi connectivity index (χ0v) is 12.0. The van der Waals surface area contributed by atoms with Crippen LogP contribution in [0.3, 0.4) is 0 Å². The van der Waals surface area contributed by atoms with Crippen LogP contribution in [0.2, 0.25) is 0 Å². The molecule has 2 unspecified atom stereocenters. The molecule has 19 heavy (non-hydrogen) atoms. The highest BCUT2D eigenvalue weighted by Crippen LogP contribution is 2.26. The van der Waals surface area contributed by atoms with E-state index in [-0.39, 0.29) is 18.0 Å². The third kappa shape index (κ3) is 2.57. The van der Waals surface area contributed by atoms with Gasteiger partial charge in [-0.25, -0.2) is 4.79 Å². The van der Waals surface area contributed by atoms with Crippen molar-refractivity contribution in [2.75, 3.05) is 0 Å². The van der Waals surface area contributed by atoms with Crippen molar-refractivity contribution < 1.29 is 9.21 Å². The van der Waals surface area contributed by atoms with Gasteiger partial charge in [0.1, 0.15) is 5.76 Å². The second kappa shape index (κ2) is 5.19. The van der Waals surface area contributed by atoms with E-state index in [4.69, 9.17) is 4.42 Å². The highest BCUT2D eigenvalue weighted by molar-refractivity contribution is 5.96. The molecule has 0 radical (unpaired) electrons. The number of hydrogen-bond acceptors (Lipinski definition) is 3. The van der Waals surface area contributed by atoms with E-state index >= 15 is 0 Å². The van der Waals surface area contributed by atoms with Gasteiger partial charge in [-0.3, -0.25) is 4.79 Å². The Kier molecular flexibility index (Phi) is 3.78. The van der Waals surface area contributed by atoms with Crippen LogP contribution in [0.4, 0.5) is 0 Å². The summed E-state index contributed by atoms with van der Waals surface area (Å²) >= 11 is 0. The standard InChI is InChI=1S/C15H21NO3/c1-9-8-13(17)19-12(4)14(9)15(18)16-10(2)6-5-7-11(16)3/h8,10-11H,5-7H2,1-4H3. The highest BCUT2D eigenvalue weighted by atomic mass is 16.4. The van der Waals surface area contributed by atoms with E-state index < -0.39 is 5.63 Å². The normalized spacial score (nSPS) is 23.5.